The lowest BCUT2D eigenvalue weighted by Gasteiger charge is -1.80. The molecule has 0 aromatic carbocycles. The summed E-state index contributed by atoms with van der Waals surface area (Å²) < 4.78 is 0. The molecule has 0 heterocycles. The topological polar surface area (TPSA) is 101 Å². The predicted octanol–water partition coefficient (Wildman–Crippen LogP) is -0.879. The van der Waals surface area contributed by atoms with Gasteiger partial charge < -0.3 is 15.9 Å². The van der Waals surface area contributed by atoms with Gasteiger partial charge in [0.05, 0.1) is 6.42 Å². The summed E-state index contributed by atoms with van der Waals surface area (Å²) >= 11 is 0. The summed E-state index contributed by atoms with van der Waals surface area (Å²) in [5.41, 5.74) is 4.85. The van der Waals surface area contributed by atoms with Crippen molar-refractivity contribution in [1.29, 1.82) is 0 Å². The number of hydrogen-bond acceptors (Lipinski definition) is 3. The van der Waals surface area contributed by atoms with E-state index >= 15 is 0 Å². The van der Waals surface area contributed by atoms with Gasteiger partial charge in [-0.05, 0) is 0 Å². The first-order chi connectivity index (χ1) is 4.18. The van der Waals surface area contributed by atoms with Crippen LogP contribution in [0, 0.1) is 0 Å². The Balaban J connectivity index is 0. The lowest BCUT2D eigenvalue weighted by molar-refractivity contribution is -0.136. The van der Waals surface area contributed by atoms with Crippen LogP contribution >= 0.6 is 0 Å². The highest BCUT2D eigenvalue weighted by molar-refractivity contribution is 5.66. The molecule has 0 rings (SSSR count). The van der Waals surface area contributed by atoms with Crippen molar-refractivity contribution in [3.63, 3.8) is 0 Å². The van der Waals surface area contributed by atoms with Gasteiger partial charge in [0.15, 0.2) is 0 Å². The van der Waals surface area contributed by atoms with Gasteiger partial charge in [-0.25, -0.2) is 0 Å². The Morgan fingerprint density at radius 1 is 1.67 bits per heavy atom. The summed E-state index contributed by atoms with van der Waals surface area (Å²) in [6, 6.07) is 0. The molecule has 0 saturated heterocycles. The molecule has 0 aromatic heterocycles. The fourth-order valence-electron chi connectivity index (χ4n) is 0.123. The maximum Gasteiger partial charge on any atom is 0.304 e. The van der Waals surface area contributed by atoms with Crippen LogP contribution in [0.5, 0.6) is 0 Å². The number of aliphatic carboxylic acids is 1. The second-order valence-corrected chi connectivity index (χ2v) is 1.04. The molecule has 5 heteroatoms. The van der Waals surface area contributed by atoms with E-state index in [-0.39, 0.29) is 19.4 Å². The zero-order valence-corrected chi connectivity index (χ0v) is 4.78. The number of hydrogen-bond donors (Lipinski definition) is 3. The molecule has 9 heavy (non-hydrogen) atoms. The van der Waals surface area contributed by atoms with Crippen LogP contribution in [0.3, 0.4) is 0 Å². The van der Waals surface area contributed by atoms with Gasteiger partial charge in [0.25, 0.3) is 6.47 Å². The molecular weight excluding hydrogens is 126 g/mol. The van der Waals surface area contributed by atoms with Gasteiger partial charge in [-0.2, -0.15) is 0 Å². The monoisotopic (exact) mass is 135 g/mol. The molecule has 0 radical (unpaired) electrons. The maximum absolute atomic E-state index is 9.52. The Hall–Kier alpha value is -1.10. The van der Waals surface area contributed by atoms with Crippen molar-refractivity contribution < 1.29 is 19.8 Å². The van der Waals surface area contributed by atoms with Crippen molar-refractivity contribution in [3.05, 3.63) is 0 Å². The third kappa shape index (κ3) is 45.9. The van der Waals surface area contributed by atoms with Gasteiger partial charge in [-0.3, -0.25) is 9.59 Å². The van der Waals surface area contributed by atoms with Crippen molar-refractivity contribution in [2.75, 3.05) is 6.54 Å². The van der Waals surface area contributed by atoms with E-state index in [2.05, 4.69) is 0 Å². The highest BCUT2D eigenvalue weighted by Crippen LogP contribution is 1.67. The van der Waals surface area contributed by atoms with Gasteiger partial charge in [0.2, 0.25) is 0 Å². The summed E-state index contributed by atoms with van der Waals surface area (Å²) in [6.07, 6.45) is 0.0694. The quantitative estimate of drug-likeness (QED) is 0.427. The summed E-state index contributed by atoms with van der Waals surface area (Å²) in [5.74, 6) is -0.836. The molecular formula is C4H9NO4. The molecule has 0 aliphatic rings. The minimum Gasteiger partial charge on any atom is -0.483 e. The molecule has 0 bridgehead atoms. The lowest BCUT2D eigenvalue weighted by Crippen LogP contribution is -2.05. The fraction of sp³-hybridized carbons (Fsp3) is 0.500. The Morgan fingerprint density at radius 2 is 2.00 bits per heavy atom. The van der Waals surface area contributed by atoms with Gasteiger partial charge in [0.1, 0.15) is 0 Å². The van der Waals surface area contributed by atoms with Gasteiger partial charge in [0, 0.05) is 6.54 Å². The van der Waals surface area contributed by atoms with Gasteiger partial charge in [-0.1, -0.05) is 0 Å². The first kappa shape index (κ1) is 10.8. The number of carboxylic acids is 1. The third-order valence-corrected chi connectivity index (χ3v) is 0.358. The summed E-state index contributed by atoms with van der Waals surface area (Å²) in [4.78, 5) is 17.9. The van der Waals surface area contributed by atoms with E-state index < -0.39 is 5.97 Å². The van der Waals surface area contributed by atoms with Crippen LogP contribution in [-0.2, 0) is 9.59 Å². The number of rotatable bonds is 2. The molecule has 5 nitrogen and oxygen atoms in total. The van der Waals surface area contributed by atoms with Crippen LogP contribution in [0.1, 0.15) is 6.42 Å². The summed E-state index contributed by atoms with van der Waals surface area (Å²) in [7, 11) is 0. The first-order valence-corrected chi connectivity index (χ1v) is 2.18. The van der Waals surface area contributed by atoms with E-state index in [0.717, 1.165) is 0 Å². The summed E-state index contributed by atoms with van der Waals surface area (Å²) in [6.45, 7) is -0.0185. The van der Waals surface area contributed by atoms with Crippen LogP contribution in [0.4, 0.5) is 0 Å². The molecule has 0 aliphatic carbocycles. The molecule has 0 amide bonds. The molecule has 0 unspecified atom stereocenters. The SMILES string of the molecule is NCCC(=O)O.O=CO. The van der Waals surface area contributed by atoms with Crippen LogP contribution in [0.2, 0.25) is 0 Å². The van der Waals surface area contributed by atoms with Gasteiger partial charge in [-0.15, -0.1) is 0 Å². The van der Waals surface area contributed by atoms with E-state index in [0.29, 0.717) is 0 Å². The Kier molecular flexibility index (Phi) is 12.0. The zero-order chi connectivity index (χ0) is 7.70. The third-order valence-electron chi connectivity index (χ3n) is 0.358. The number of nitrogens with two attached hydrogens (primary N) is 1. The minimum atomic E-state index is -0.836. The molecule has 0 atom stereocenters. The van der Waals surface area contributed by atoms with E-state index in [9.17, 15) is 4.79 Å². The smallest absolute Gasteiger partial charge is 0.304 e. The van der Waals surface area contributed by atoms with Crippen molar-refractivity contribution in [3.8, 4) is 0 Å². The zero-order valence-electron chi connectivity index (χ0n) is 4.78. The van der Waals surface area contributed by atoms with Crippen molar-refractivity contribution >= 4 is 12.4 Å². The molecule has 0 aliphatic heterocycles. The first-order valence-electron chi connectivity index (χ1n) is 2.18. The Bertz CT molecular complexity index is 82.6. The van der Waals surface area contributed by atoms with Gasteiger partial charge >= 0.3 is 5.97 Å². The Labute approximate surface area is 52.1 Å². The maximum atomic E-state index is 9.52. The highest BCUT2D eigenvalue weighted by atomic mass is 16.4. The molecule has 4 N–H and O–H groups in total. The van der Waals surface area contributed by atoms with Crippen LogP contribution < -0.4 is 5.73 Å². The molecule has 0 saturated carbocycles. The van der Waals surface area contributed by atoms with Crippen molar-refractivity contribution in [2.24, 2.45) is 5.73 Å². The molecule has 0 aromatic rings. The van der Waals surface area contributed by atoms with Crippen LogP contribution in [-0.4, -0.2) is 29.2 Å². The normalized spacial score (nSPS) is 6.78. The van der Waals surface area contributed by atoms with Crippen molar-refractivity contribution in [2.45, 2.75) is 6.42 Å². The highest BCUT2D eigenvalue weighted by Gasteiger charge is 1.87. The largest absolute Gasteiger partial charge is 0.483 e. The van der Waals surface area contributed by atoms with E-state index in [1.54, 1.807) is 0 Å². The second kappa shape index (κ2) is 10.0. The lowest BCUT2D eigenvalue weighted by atomic mass is 10.5. The Morgan fingerprint density at radius 3 is 2.00 bits per heavy atom. The fourth-order valence-corrected chi connectivity index (χ4v) is 0.123. The molecule has 0 fully saturated rings. The molecule has 54 valence electrons. The predicted molar refractivity (Wildman–Crippen MR) is 30.0 cm³/mol. The number of carboxylic acid groups (broad SMARTS) is 2. The van der Waals surface area contributed by atoms with E-state index in [1.807, 2.05) is 0 Å². The standard InChI is InChI=1S/C3H7NO2.CH2O2/c4-2-1-3(5)6;2-1-3/h1-2,4H2,(H,5,6);1H,(H,2,3). The van der Waals surface area contributed by atoms with Crippen molar-refractivity contribution in [1.82, 2.24) is 0 Å². The van der Waals surface area contributed by atoms with Crippen LogP contribution in [0.15, 0.2) is 0 Å². The minimum absolute atomic E-state index is 0.0694. The second-order valence-electron chi connectivity index (χ2n) is 1.04. The summed E-state index contributed by atoms with van der Waals surface area (Å²) in [5, 5.41) is 14.7. The number of carbonyl (C=O) groups is 2. The van der Waals surface area contributed by atoms with E-state index in [1.165, 1.54) is 0 Å². The van der Waals surface area contributed by atoms with E-state index in [4.69, 9.17) is 20.7 Å². The average Bonchev–Trinajstić information content (AvgIpc) is 1.67. The molecule has 0 spiro atoms. The van der Waals surface area contributed by atoms with Crippen LogP contribution in [0.25, 0.3) is 0 Å². The average molecular weight is 135 g/mol.